The fraction of sp³-hybridized carbons (Fsp3) is 0.400. The summed E-state index contributed by atoms with van der Waals surface area (Å²) < 4.78 is 0. The van der Waals surface area contributed by atoms with Gasteiger partial charge < -0.3 is 11.1 Å². The van der Waals surface area contributed by atoms with Crippen molar-refractivity contribution in [1.29, 1.82) is 0 Å². The lowest BCUT2D eigenvalue weighted by Gasteiger charge is -2.04. The van der Waals surface area contributed by atoms with Crippen LogP contribution >= 0.6 is 0 Å². The molecule has 0 aliphatic rings. The fourth-order valence-corrected chi connectivity index (χ4v) is 1.13. The molecule has 0 aliphatic carbocycles. The zero-order valence-electron chi connectivity index (χ0n) is 8.07. The molecule has 4 nitrogen and oxygen atoms in total. The van der Waals surface area contributed by atoms with Crippen LogP contribution in [-0.2, 0) is 4.79 Å². The Morgan fingerprint density at radius 1 is 1.36 bits per heavy atom. The van der Waals surface area contributed by atoms with E-state index in [0.29, 0.717) is 6.42 Å². The number of unbranched alkanes of at least 4 members (excludes halogenated alkanes) is 1. The number of aromatic nitrogens is 1. The molecule has 4 heteroatoms. The van der Waals surface area contributed by atoms with E-state index in [1.54, 1.807) is 12.4 Å². The Hall–Kier alpha value is -1.58. The van der Waals surface area contributed by atoms with Gasteiger partial charge in [-0.2, -0.15) is 0 Å². The zero-order chi connectivity index (χ0) is 10.2. The monoisotopic (exact) mass is 193 g/mol. The van der Waals surface area contributed by atoms with Crippen LogP contribution in [0.5, 0.6) is 0 Å². The van der Waals surface area contributed by atoms with Crippen molar-refractivity contribution in [1.82, 2.24) is 4.98 Å². The van der Waals surface area contributed by atoms with Crippen LogP contribution in [0.15, 0.2) is 24.5 Å². The van der Waals surface area contributed by atoms with E-state index >= 15 is 0 Å². The van der Waals surface area contributed by atoms with Crippen LogP contribution < -0.4 is 11.1 Å². The fourth-order valence-electron chi connectivity index (χ4n) is 1.13. The number of hydrogen-bond donors (Lipinski definition) is 2. The summed E-state index contributed by atoms with van der Waals surface area (Å²) in [6.07, 6.45) is 5.74. The summed E-state index contributed by atoms with van der Waals surface area (Å²) in [5.41, 5.74) is 6.07. The minimum Gasteiger partial charge on any atom is -0.385 e. The van der Waals surface area contributed by atoms with Gasteiger partial charge in [0.05, 0.1) is 0 Å². The molecule has 0 saturated heterocycles. The maximum Gasteiger partial charge on any atom is 0.217 e. The molecule has 0 aliphatic heterocycles. The van der Waals surface area contributed by atoms with Gasteiger partial charge in [-0.25, -0.2) is 0 Å². The molecular weight excluding hydrogens is 178 g/mol. The van der Waals surface area contributed by atoms with E-state index in [2.05, 4.69) is 10.3 Å². The lowest BCUT2D eigenvalue weighted by atomic mass is 10.2. The third kappa shape index (κ3) is 4.45. The summed E-state index contributed by atoms with van der Waals surface area (Å²) in [4.78, 5) is 14.3. The second kappa shape index (κ2) is 5.96. The molecule has 3 N–H and O–H groups in total. The van der Waals surface area contributed by atoms with Crippen LogP contribution in [0.25, 0.3) is 0 Å². The maximum absolute atomic E-state index is 10.4. The molecule has 0 fully saturated rings. The lowest BCUT2D eigenvalue weighted by molar-refractivity contribution is -0.118. The van der Waals surface area contributed by atoms with Crippen molar-refractivity contribution < 1.29 is 4.79 Å². The van der Waals surface area contributed by atoms with E-state index in [1.165, 1.54) is 0 Å². The first kappa shape index (κ1) is 10.5. The van der Waals surface area contributed by atoms with Gasteiger partial charge in [-0.15, -0.1) is 0 Å². The second-order valence-electron chi connectivity index (χ2n) is 3.09. The normalized spacial score (nSPS) is 9.71. The molecule has 0 bridgehead atoms. The summed E-state index contributed by atoms with van der Waals surface area (Å²) in [5.74, 6) is -0.228. The van der Waals surface area contributed by atoms with Gasteiger partial charge >= 0.3 is 0 Å². The van der Waals surface area contributed by atoms with Gasteiger partial charge in [0.1, 0.15) is 0 Å². The van der Waals surface area contributed by atoms with Crippen LogP contribution in [0.1, 0.15) is 19.3 Å². The minimum atomic E-state index is -0.228. The Bertz CT molecular complexity index is 274. The first-order valence-corrected chi connectivity index (χ1v) is 4.71. The highest BCUT2D eigenvalue weighted by atomic mass is 16.1. The van der Waals surface area contributed by atoms with Crippen molar-refractivity contribution in [2.24, 2.45) is 5.73 Å². The third-order valence-corrected chi connectivity index (χ3v) is 1.86. The van der Waals surface area contributed by atoms with Crippen molar-refractivity contribution in [2.45, 2.75) is 19.3 Å². The van der Waals surface area contributed by atoms with Crippen molar-refractivity contribution in [3.63, 3.8) is 0 Å². The molecule has 0 unspecified atom stereocenters. The van der Waals surface area contributed by atoms with Crippen molar-refractivity contribution >= 4 is 11.6 Å². The molecule has 14 heavy (non-hydrogen) atoms. The molecule has 76 valence electrons. The number of nitrogens with zero attached hydrogens (tertiary/aromatic N) is 1. The first-order chi connectivity index (χ1) is 6.79. The molecule has 1 amide bonds. The molecule has 0 saturated carbocycles. The molecule has 1 heterocycles. The quantitative estimate of drug-likeness (QED) is 0.666. The van der Waals surface area contributed by atoms with E-state index in [0.717, 1.165) is 25.1 Å². The first-order valence-electron chi connectivity index (χ1n) is 4.71. The summed E-state index contributed by atoms with van der Waals surface area (Å²) in [5, 5.41) is 3.23. The van der Waals surface area contributed by atoms with Crippen LogP contribution in [0.4, 0.5) is 5.69 Å². The average molecular weight is 193 g/mol. The van der Waals surface area contributed by atoms with Crippen LogP contribution in [0.2, 0.25) is 0 Å². The smallest absolute Gasteiger partial charge is 0.217 e. The van der Waals surface area contributed by atoms with Gasteiger partial charge in [0.25, 0.3) is 0 Å². The van der Waals surface area contributed by atoms with Crippen LogP contribution in [-0.4, -0.2) is 17.4 Å². The average Bonchev–Trinajstić information content (AvgIpc) is 2.18. The Morgan fingerprint density at radius 3 is 2.71 bits per heavy atom. The third-order valence-electron chi connectivity index (χ3n) is 1.86. The minimum absolute atomic E-state index is 0.228. The van der Waals surface area contributed by atoms with Gasteiger partial charge in [0.2, 0.25) is 5.91 Å². The number of carbonyl (C=O) groups is 1. The summed E-state index contributed by atoms with van der Waals surface area (Å²) in [6.45, 7) is 0.858. The molecule has 0 aromatic carbocycles. The molecule has 0 spiro atoms. The largest absolute Gasteiger partial charge is 0.385 e. The highest BCUT2D eigenvalue weighted by molar-refractivity contribution is 5.73. The number of hydrogen-bond acceptors (Lipinski definition) is 3. The predicted molar refractivity (Wildman–Crippen MR) is 55.8 cm³/mol. The number of pyridine rings is 1. The topological polar surface area (TPSA) is 68.0 Å². The lowest BCUT2D eigenvalue weighted by Crippen LogP contribution is -2.10. The number of nitrogens with one attached hydrogen (secondary N) is 1. The second-order valence-corrected chi connectivity index (χ2v) is 3.09. The van der Waals surface area contributed by atoms with Gasteiger partial charge in [-0.3, -0.25) is 9.78 Å². The van der Waals surface area contributed by atoms with Gasteiger partial charge in [0.15, 0.2) is 0 Å². The molecule has 0 atom stereocenters. The van der Waals surface area contributed by atoms with E-state index in [-0.39, 0.29) is 5.91 Å². The SMILES string of the molecule is NC(=O)CCCCNc1ccncc1. The Morgan fingerprint density at radius 2 is 2.07 bits per heavy atom. The zero-order valence-corrected chi connectivity index (χ0v) is 8.07. The molecule has 1 aromatic rings. The predicted octanol–water partition coefficient (Wildman–Crippen LogP) is 1.15. The number of primary amides is 1. The molecule has 0 radical (unpaired) electrons. The van der Waals surface area contributed by atoms with E-state index in [1.807, 2.05) is 12.1 Å². The summed E-state index contributed by atoms with van der Waals surface area (Å²) in [6, 6.07) is 3.82. The molecular formula is C10H15N3O. The Kier molecular flexibility index (Phi) is 4.47. The van der Waals surface area contributed by atoms with Crippen molar-refractivity contribution in [3.05, 3.63) is 24.5 Å². The summed E-state index contributed by atoms with van der Waals surface area (Å²) >= 11 is 0. The highest BCUT2D eigenvalue weighted by Gasteiger charge is 1.94. The van der Waals surface area contributed by atoms with E-state index < -0.39 is 0 Å². The Balaban J connectivity index is 2.08. The van der Waals surface area contributed by atoms with Gasteiger partial charge in [-0.1, -0.05) is 0 Å². The molecule has 1 rings (SSSR count). The number of amides is 1. The number of carbonyl (C=O) groups excluding carboxylic acids is 1. The van der Waals surface area contributed by atoms with E-state index in [4.69, 9.17) is 5.73 Å². The van der Waals surface area contributed by atoms with Gasteiger partial charge in [0, 0.05) is 31.0 Å². The van der Waals surface area contributed by atoms with E-state index in [9.17, 15) is 4.79 Å². The summed E-state index contributed by atoms with van der Waals surface area (Å²) in [7, 11) is 0. The highest BCUT2D eigenvalue weighted by Crippen LogP contribution is 2.03. The maximum atomic E-state index is 10.4. The number of nitrogens with two attached hydrogens (primary N) is 1. The molecule has 1 aromatic heterocycles. The van der Waals surface area contributed by atoms with Crippen molar-refractivity contribution in [2.75, 3.05) is 11.9 Å². The Labute approximate surface area is 83.5 Å². The van der Waals surface area contributed by atoms with Crippen LogP contribution in [0, 0.1) is 0 Å². The van der Waals surface area contributed by atoms with Crippen molar-refractivity contribution in [3.8, 4) is 0 Å². The van der Waals surface area contributed by atoms with Gasteiger partial charge in [-0.05, 0) is 25.0 Å². The number of rotatable bonds is 6. The standard InChI is InChI=1S/C10H15N3O/c11-10(14)3-1-2-6-13-9-4-7-12-8-5-9/h4-5,7-8H,1-3,6H2,(H2,11,14)(H,12,13). The number of anilines is 1. The van der Waals surface area contributed by atoms with Crippen LogP contribution in [0.3, 0.4) is 0 Å².